The van der Waals surface area contributed by atoms with Gasteiger partial charge in [0.05, 0.1) is 5.39 Å². The molecular weight excluding hydrogens is 518 g/mol. The fraction of sp³-hybridized carbons (Fsp3) is 0.581. The first kappa shape index (κ1) is 27.4. The van der Waals surface area contributed by atoms with Gasteiger partial charge >= 0.3 is 0 Å². The molecule has 2 aromatic heterocycles. The van der Waals surface area contributed by atoms with Gasteiger partial charge in [-0.1, -0.05) is 30.3 Å². The van der Waals surface area contributed by atoms with Crippen molar-refractivity contribution in [3.8, 4) is 11.1 Å². The Hall–Kier alpha value is -2.75. The van der Waals surface area contributed by atoms with Crippen LogP contribution in [0, 0.1) is 11.8 Å². The molecule has 214 valence electrons. The average Bonchev–Trinajstić information content (AvgIpc) is 3.60. The summed E-state index contributed by atoms with van der Waals surface area (Å²) >= 11 is 1.71. The minimum atomic E-state index is -0.219. The molecule has 40 heavy (non-hydrogen) atoms. The summed E-state index contributed by atoms with van der Waals surface area (Å²) in [5.74, 6) is 2.64. The highest BCUT2D eigenvalue weighted by Gasteiger charge is 2.30. The number of carbonyl (C=O) groups is 1. The van der Waals surface area contributed by atoms with Crippen molar-refractivity contribution in [3.05, 3.63) is 35.7 Å². The SMILES string of the molecule is CN1CCC(N(C)CC2CCN(c3nc(N4CCCC(CC(N)=O)C4)nc4scc(-c5ccccc5)c34)CC2)C1. The number of piperidine rings is 2. The number of thiophene rings is 1. The molecule has 2 atom stereocenters. The quantitative estimate of drug-likeness (QED) is 0.439. The number of carbonyl (C=O) groups excluding carboxylic acids is 1. The maximum Gasteiger partial charge on any atom is 0.228 e. The second kappa shape index (κ2) is 12.0. The number of hydrogen-bond acceptors (Lipinski definition) is 8. The average molecular weight is 562 g/mol. The van der Waals surface area contributed by atoms with Crippen LogP contribution < -0.4 is 15.5 Å². The number of likely N-dealkylation sites (N-methyl/N-ethyl adjacent to an activating group) is 2. The zero-order valence-electron chi connectivity index (χ0n) is 24.0. The Labute approximate surface area is 242 Å². The molecule has 1 amide bonds. The van der Waals surface area contributed by atoms with Crippen LogP contribution >= 0.6 is 11.3 Å². The number of likely N-dealkylation sites (tertiary alicyclic amines) is 1. The van der Waals surface area contributed by atoms with Gasteiger partial charge < -0.3 is 25.3 Å². The lowest BCUT2D eigenvalue weighted by Crippen LogP contribution is -2.42. The van der Waals surface area contributed by atoms with E-state index < -0.39 is 0 Å². The van der Waals surface area contributed by atoms with Gasteiger partial charge in [0.25, 0.3) is 0 Å². The van der Waals surface area contributed by atoms with Crippen LogP contribution in [0.2, 0.25) is 0 Å². The van der Waals surface area contributed by atoms with Gasteiger partial charge in [0.15, 0.2) is 0 Å². The molecule has 8 nitrogen and oxygen atoms in total. The van der Waals surface area contributed by atoms with E-state index in [9.17, 15) is 4.79 Å². The fourth-order valence-electron chi connectivity index (χ4n) is 6.97. The van der Waals surface area contributed by atoms with Crippen molar-refractivity contribution < 1.29 is 4.79 Å². The number of nitrogens with zero attached hydrogens (tertiary/aromatic N) is 6. The van der Waals surface area contributed by atoms with Crippen LogP contribution in [0.5, 0.6) is 0 Å². The van der Waals surface area contributed by atoms with E-state index in [2.05, 4.69) is 69.4 Å². The molecule has 0 saturated carbocycles. The molecule has 3 fully saturated rings. The number of benzene rings is 1. The molecule has 2 unspecified atom stereocenters. The summed E-state index contributed by atoms with van der Waals surface area (Å²) in [7, 11) is 4.55. The first-order valence-corrected chi connectivity index (χ1v) is 15.8. The Balaban J connectivity index is 1.26. The highest BCUT2D eigenvalue weighted by atomic mass is 32.1. The minimum absolute atomic E-state index is 0.219. The van der Waals surface area contributed by atoms with Crippen molar-refractivity contribution in [2.75, 3.05) is 69.7 Å². The van der Waals surface area contributed by atoms with Crippen LogP contribution in [0.1, 0.15) is 38.5 Å². The highest BCUT2D eigenvalue weighted by molar-refractivity contribution is 7.17. The normalized spacial score (nSPS) is 23.0. The molecule has 0 bridgehead atoms. The Morgan fingerprint density at radius 3 is 2.52 bits per heavy atom. The number of primary amides is 1. The van der Waals surface area contributed by atoms with Crippen LogP contribution in [0.3, 0.4) is 0 Å². The van der Waals surface area contributed by atoms with Gasteiger partial charge in [-0.25, -0.2) is 4.98 Å². The number of amides is 1. The predicted molar refractivity (Wildman–Crippen MR) is 165 cm³/mol. The van der Waals surface area contributed by atoms with Gasteiger partial charge in [-0.2, -0.15) is 4.98 Å². The third-order valence-corrected chi connectivity index (χ3v) is 10.1. The highest BCUT2D eigenvalue weighted by Crippen LogP contribution is 2.41. The first-order valence-electron chi connectivity index (χ1n) is 15.0. The number of aromatic nitrogens is 2. The molecule has 3 aliphatic rings. The molecule has 5 heterocycles. The van der Waals surface area contributed by atoms with E-state index in [0.29, 0.717) is 12.5 Å². The summed E-state index contributed by atoms with van der Waals surface area (Å²) in [6, 6.07) is 11.3. The molecule has 3 saturated heterocycles. The molecule has 3 aliphatic heterocycles. The van der Waals surface area contributed by atoms with E-state index in [1.165, 1.54) is 55.4 Å². The molecule has 2 N–H and O–H groups in total. The molecule has 6 rings (SSSR count). The molecule has 0 radical (unpaired) electrons. The summed E-state index contributed by atoms with van der Waals surface area (Å²) < 4.78 is 0. The van der Waals surface area contributed by atoms with E-state index in [1.54, 1.807) is 11.3 Å². The first-order chi connectivity index (χ1) is 19.4. The molecule has 9 heteroatoms. The molecule has 0 aliphatic carbocycles. The van der Waals surface area contributed by atoms with Crippen LogP contribution in [-0.2, 0) is 4.79 Å². The van der Waals surface area contributed by atoms with Gasteiger partial charge in [-0.3, -0.25) is 4.79 Å². The van der Waals surface area contributed by atoms with Gasteiger partial charge in [0, 0.05) is 62.7 Å². The topological polar surface area (TPSA) is 81.8 Å². The predicted octanol–water partition coefficient (Wildman–Crippen LogP) is 4.30. The third-order valence-electron chi connectivity index (χ3n) is 9.23. The number of nitrogens with two attached hydrogens (primary N) is 1. The van der Waals surface area contributed by atoms with Crippen LogP contribution in [0.4, 0.5) is 11.8 Å². The maximum atomic E-state index is 11.6. The van der Waals surface area contributed by atoms with Crippen molar-refractivity contribution in [1.29, 1.82) is 0 Å². The summed E-state index contributed by atoms with van der Waals surface area (Å²) in [6.45, 7) is 7.32. The lowest BCUT2D eigenvalue weighted by molar-refractivity contribution is -0.118. The zero-order valence-corrected chi connectivity index (χ0v) is 24.8. The van der Waals surface area contributed by atoms with E-state index in [4.69, 9.17) is 15.7 Å². The number of anilines is 2. The lowest BCUT2D eigenvalue weighted by Gasteiger charge is -2.37. The van der Waals surface area contributed by atoms with Crippen molar-refractivity contribution in [2.24, 2.45) is 17.6 Å². The van der Waals surface area contributed by atoms with E-state index >= 15 is 0 Å². The zero-order chi connectivity index (χ0) is 27.6. The van der Waals surface area contributed by atoms with Crippen LogP contribution in [0.15, 0.2) is 35.7 Å². The smallest absolute Gasteiger partial charge is 0.228 e. The number of hydrogen-bond donors (Lipinski definition) is 1. The van der Waals surface area contributed by atoms with Crippen molar-refractivity contribution in [1.82, 2.24) is 19.8 Å². The van der Waals surface area contributed by atoms with Gasteiger partial charge in [0.2, 0.25) is 11.9 Å². The van der Waals surface area contributed by atoms with E-state index in [-0.39, 0.29) is 11.8 Å². The van der Waals surface area contributed by atoms with E-state index in [1.807, 2.05) is 0 Å². The Morgan fingerprint density at radius 2 is 1.80 bits per heavy atom. The van der Waals surface area contributed by atoms with Crippen LogP contribution in [0.25, 0.3) is 21.3 Å². The Kier molecular flexibility index (Phi) is 8.23. The number of fused-ring (bicyclic) bond motifs is 1. The van der Waals surface area contributed by atoms with Gasteiger partial charge in [0.1, 0.15) is 10.6 Å². The van der Waals surface area contributed by atoms with Gasteiger partial charge in [-0.15, -0.1) is 11.3 Å². The minimum Gasteiger partial charge on any atom is -0.370 e. The fourth-order valence-corrected chi connectivity index (χ4v) is 7.90. The van der Waals surface area contributed by atoms with Crippen LogP contribution in [-0.4, -0.2) is 91.6 Å². The monoisotopic (exact) mass is 561 g/mol. The molecule has 0 spiro atoms. The third kappa shape index (κ3) is 5.97. The molecular formula is C31H43N7OS. The molecule has 1 aromatic carbocycles. The number of rotatable bonds is 8. The largest absolute Gasteiger partial charge is 0.370 e. The van der Waals surface area contributed by atoms with Crippen molar-refractivity contribution in [3.63, 3.8) is 0 Å². The standard InChI is InChI=1S/C31H43N7OS/c1-35-14-12-25(20-35)36(2)18-22-10-15-37(16-11-22)29-28-26(24-8-4-3-5-9-24)21-40-30(28)34-31(33-29)38-13-6-7-23(19-38)17-27(32)39/h3-5,8-9,21-23,25H,6-7,10-20H2,1-2H3,(H2,32,39). The van der Waals surface area contributed by atoms with E-state index in [0.717, 1.165) is 61.5 Å². The maximum absolute atomic E-state index is 11.6. The Morgan fingerprint density at radius 1 is 1.00 bits per heavy atom. The van der Waals surface area contributed by atoms with Crippen molar-refractivity contribution >= 4 is 39.2 Å². The lowest BCUT2D eigenvalue weighted by atomic mass is 9.94. The summed E-state index contributed by atoms with van der Waals surface area (Å²) in [4.78, 5) is 32.9. The Bertz CT molecular complexity index is 1310. The summed E-state index contributed by atoms with van der Waals surface area (Å²) in [6.07, 6.45) is 6.15. The summed E-state index contributed by atoms with van der Waals surface area (Å²) in [5, 5.41) is 3.42. The van der Waals surface area contributed by atoms with Crippen molar-refractivity contribution in [2.45, 2.75) is 44.6 Å². The second-order valence-electron chi connectivity index (χ2n) is 12.2. The van der Waals surface area contributed by atoms with Gasteiger partial charge in [-0.05, 0) is 70.1 Å². The summed E-state index contributed by atoms with van der Waals surface area (Å²) in [5.41, 5.74) is 7.98. The second-order valence-corrected chi connectivity index (χ2v) is 13.1. The molecule has 3 aromatic rings.